The van der Waals surface area contributed by atoms with E-state index in [4.69, 9.17) is 17.4 Å². The lowest BCUT2D eigenvalue weighted by atomic mass is 10.2. The third kappa shape index (κ3) is 2.56. The summed E-state index contributed by atoms with van der Waals surface area (Å²) in [7, 11) is 1.69. The average molecular weight is 349 g/mol. The maximum atomic E-state index is 5.67. The van der Waals surface area contributed by atoms with E-state index in [1.165, 1.54) is 0 Å². The largest absolute Gasteiger partial charge is 0.777 e. The molecule has 118 valence electrons. The van der Waals surface area contributed by atoms with Crippen LogP contribution in [0.3, 0.4) is 0 Å². The molecule has 0 radical (unpaired) electrons. The van der Waals surface area contributed by atoms with Crippen LogP contribution in [0, 0.1) is 0 Å². The molecule has 0 unspecified atom stereocenters. The van der Waals surface area contributed by atoms with Crippen molar-refractivity contribution in [1.29, 1.82) is 0 Å². The van der Waals surface area contributed by atoms with Crippen LogP contribution in [0.25, 0.3) is 21.8 Å². The van der Waals surface area contributed by atoms with Crippen LogP contribution in [-0.4, -0.2) is 17.1 Å². The molecule has 4 rings (SSSR count). The van der Waals surface area contributed by atoms with Crippen LogP contribution in [-0.2, 0) is 12.6 Å². The van der Waals surface area contributed by atoms with Crippen LogP contribution in [0.1, 0.15) is 0 Å². The molecule has 0 aliphatic heterocycles. The monoisotopic (exact) mass is 349 g/mol. The molecule has 2 aromatic heterocycles. The molecule has 0 amide bonds. The Morgan fingerprint density at radius 2 is 1.50 bits per heavy atom. The highest BCUT2D eigenvalue weighted by Gasteiger charge is 2.12. The molecule has 2 aromatic carbocycles. The summed E-state index contributed by atoms with van der Waals surface area (Å²) in [5.74, 6) is 0.820. The maximum Gasteiger partial charge on any atom is 0.143 e. The fourth-order valence-electron chi connectivity index (χ4n) is 2.69. The molecule has 0 saturated heterocycles. The summed E-state index contributed by atoms with van der Waals surface area (Å²) >= 11 is 7.09. The Morgan fingerprint density at radius 3 is 2.25 bits per heavy atom. The van der Waals surface area contributed by atoms with Gasteiger partial charge >= 0.3 is 0 Å². The second-order valence-corrected chi connectivity index (χ2v) is 6.74. The highest BCUT2D eigenvalue weighted by molar-refractivity contribution is 7.99. The molecular weight excluding hydrogens is 336 g/mol. The Kier molecular flexibility index (Phi) is 3.96. The average Bonchev–Trinajstić information content (AvgIpc) is 2.63. The second kappa shape index (κ2) is 6.26. The van der Waals surface area contributed by atoms with Crippen molar-refractivity contribution in [1.82, 2.24) is 9.97 Å². The predicted octanol–water partition coefficient (Wildman–Crippen LogP) is 4.85. The van der Waals surface area contributed by atoms with E-state index in [1.807, 2.05) is 54.7 Å². The molecule has 0 N–H and O–H groups in total. The van der Waals surface area contributed by atoms with E-state index in [2.05, 4.69) is 9.97 Å². The Bertz CT molecular complexity index is 1050. The molecule has 0 fully saturated rings. The van der Waals surface area contributed by atoms with Crippen LogP contribution in [0.4, 0.5) is 0 Å². The normalized spacial score (nSPS) is 11.0. The lowest BCUT2D eigenvalue weighted by molar-refractivity contribution is 0.409. The maximum absolute atomic E-state index is 5.67. The number of para-hydroxylation sites is 2. The topological polar surface area (TPSA) is 35.0 Å². The van der Waals surface area contributed by atoms with E-state index in [0.717, 1.165) is 42.2 Å². The molecule has 0 aliphatic rings. The van der Waals surface area contributed by atoms with Crippen LogP contribution in [0.2, 0.25) is 0 Å². The molecular formula is C19H13N2OS2-. The van der Waals surface area contributed by atoms with Gasteiger partial charge in [-0.15, -0.1) is 4.90 Å². The van der Waals surface area contributed by atoms with Crippen molar-refractivity contribution in [2.45, 2.75) is 14.7 Å². The van der Waals surface area contributed by atoms with Gasteiger partial charge in [0, 0.05) is 28.1 Å². The number of benzene rings is 2. The molecule has 0 bridgehead atoms. The van der Waals surface area contributed by atoms with Gasteiger partial charge in [0.15, 0.2) is 0 Å². The highest BCUT2D eigenvalue weighted by Crippen LogP contribution is 2.42. The Hall–Kier alpha value is -2.37. The number of nitrogens with zero attached hydrogens (tertiary/aromatic N) is 2. The quantitative estimate of drug-likeness (QED) is 0.494. The summed E-state index contributed by atoms with van der Waals surface area (Å²) in [6.45, 7) is 0. The van der Waals surface area contributed by atoms with Crippen LogP contribution in [0.5, 0.6) is 5.75 Å². The minimum atomic E-state index is 0.730. The summed E-state index contributed by atoms with van der Waals surface area (Å²) in [6, 6.07) is 16.0. The Labute approximate surface area is 149 Å². The lowest BCUT2D eigenvalue weighted by Gasteiger charge is -2.17. The fourth-order valence-corrected chi connectivity index (χ4v) is 4.03. The van der Waals surface area contributed by atoms with Crippen LogP contribution < -0.4 is 4.74 Å². The van der Waals surface area contributed by atoms with Crippen molar-refractivity contribution in [2.75, 3.05) is 7.11 Å². The van der Waals surface area contributed by atoms with E-state index in [0.29, 0.717) is 0 Å². The fraction of sp³-hybridized carbons (Fsp3) is 0.0526. The first kappa shape index (κ1) is 15.2. The molecule has 0 spiro atoms. The van der Waals surface area contributed by atoms with Crippen molar-refractivity contribution in [3.8, 4) is 5.75 Å². The van der Waals surface area contributed by atoms with Crippen LogP contribution in [0.15, 0.2) is 75.6 Å². The zero-order valence-corrected chi connectivity index (χ0v) is 14.5. The number of hydrogen-bond acceptors (Lipinski definition) is 5. The SMILES string of the molecule is COc1c(Sc2c([S-])cnc3ccccc23)cnc2ccccc12. The molecule has 3 nitrogen and oxygen atoms in total. The van der Waals surface area contributed by atoms with Gasteiger partial charge in [-0.2, -0.15) is 0 Å². The standard InChI is InChI=1S/C19H14N2OS2/c1-22-18-12-6-2-4-8-14(12)21-11-17(18)24-19-13-7-3-5-9-15(13)20-10-16(19)23/h2-11,23H,1H3/p-1. The van der Waals surface area contributed by atoms with E-state index in [1.54, 1.807) is 25.1 Å². The van der Waals surface area contributed by atoms with Gasteiger partial charge in [-0.05, 0) is 18.2 Å². The summed E-state index contributed by atoms with van der Waals surface area (Å²) < 4.78 is 5.67. The molecule has 0 saturated carbocycles. The smallest absolute Gasteiger partial charge is 0.143 e. The molecule has 24 heavy (non-hydrogen) atoms. The Morgan fingerprint density at radius 1 is 0.875 bits per heavy atom. The second-order valence-electron chi connectivity index (χ2n) is 5.24. The minimum absolute atomic E-state index is 0.730. The van der Waals surface area contributed by atoms with E-state index in [9.17, 15) is 0 Å². The molecule has 0 aliphatic carbocycles. The zero-order valence-electron chi connectivity index (χ0n) is 12.9. The zero-order chi connectivity index (χ0) is 16.5. The van der Waals surface area contributed by atoms with Gasteiger partial charge in [0.1, 0.15) is 5.75 Å². The third-order valence-corrected chi connectivity index (χ3v) is 5.40. The number of pyridine rings is 2. The summed E-state index contributed by atoms with van der Waals surface area (Å²) in [6.07, 6.45) is 3.58. The predicted molar refractivity (Wildman–Crippen MR) is 99.8 cm³/mol. The van der Waals surface area contributed by atoms with E-state index >= 15 is 0 Å². The first-order chi connectivity index (χ1) is 11.8. The number of fused-ring (bicyclic) bond motifs is 2. The van der Waals surface area contributed by atoms with Gasteiger partial charge in [0.2, 0.25) is 0 Å². The lowest BCUT2D eigenvalue weighted by Crippen LogP contribution is -1.92. The van der Waals surface area contributed by atoms with Crippen molar-refractivity contribution in [2.24, 2.45) is 0 Å². The molecule has 4 aromatic rings. The minimum Gasteiger partial charge on any atom is -0.777 e. The first-order valence-corrected chi connectivity index (χ1v) is 8.65. The first-order valence-electron chi connectivity index (χ1n) is 7.42. The number of ether oxygens (including phenoxy) is 1. The van der Waals surface area contributed by atoms with Crippen molar-refractivity contribution >= 4 is 46.2 Å². The van der Waals surface area contributed by atoms with Crippen molar-refractivity contribution in [3.05, 3.63) is 60.9 Å². The summed E-state index contributed by atoms with van der Waals surface area (Å²) in [5.41, 5.74) is 1.85. The third-order valence-electron chi connectivity index (χ3n) is 3.80. The van der Waals surface area contributed by atoms with Crippen LogP contribution >= 0.6 is 11.8 Å². The summed E-state index contributed by atoms with van der Waals surface area (Å²) in [4.78, 5) is 11.6. The highest BCUT2D eigenvalue weighted by atomic mass is 32.2. The summed E-state index contributed by atoms with van der Waals surface area (Å²) in [5, 5.41) is 2.04. The number of rotatable bonds is 3. The van der Waals surface area contributed by atoms with Crippen molar-refractivity contribution < 1.29 is 4.74 Å². The van der Waals surface area contributed by atoms with Gasteiger partial charge in [-0.3, -0.25) is 9.97 Å². The number of hydrogen-bond donors (Lipinski definition) is 0. The molecule has 0 atom stereocenters. The number of aromatic nitrogens is 2. The number of methoxy groups -OCH3 is 1. The molecule has 2 heterocycles. The van der Waals surface area contributed by atoms with Gasteiger partial charge in [0.05, 0.1) is 23.0 Å². The van der Waals surface area contributed by atoms with Gasteiger partial charge in [-0.25, -0.2) is 0 Å². The van der Waals surface area contributed by atoms with Gasteiger partial charge in [0.25, 0.3) is 0 Å². The molecule has 5 heteroatoms. The Balaban J connectivity index is 1.90. The van der Waals surface area contributed by atoms with Gasteiger partial charge < -0.3 is 17.4 Å². The van der Waals surface area contributed by atoms with Crippen molar-refractivity contribution in [3.63, 3.8) is 0 Å². The van der Waals surface area contributed by atoms with Gasteiger partial charge in [-0.1, -0.05) is 42.1 Å². The van der Waals surface area contributed by atoms with E-state index in [-0.39, 0.29) is 0 Å². The van der Waals surface area contributed by atoms with E-state index < -0.39 is 0 Å².